The number of benzene rings is 1. The summed E-state index contributed by atoms with van der Waals surface area (Å²) in [6.07, 6.45) is 1.88. The summed E-state index contributed by atoms with van der Waals surface area (Å²) in [6.45, 7) is 1.52. The molecule has 21 heavy (non-hydrogen) atoms. The maximum Gasteiger partial charge on any atom is 0.410 e. The van der Waals surface area contributed by atoms with E-state index in [4.69, 9.17) is 4.74 Å². The van der Waals surface area contributed by atoms with Gasteiger partial charge in [0.05, 0.1) is 13.5 Å². The Balaban J connectivity index is 1.80. The molecule has 1 fully saturated rings. The van der Waals surface area contributed by atoms with Crippen molar-refractivity contribution in [2.75, 3.05) is 20.2 Å². The molecule has 0 saturated carbocycles. The number of ether oxygens (including phenoxy) is 2. The monoisotopic (exact) mass is 291 g/mol. The second-order valence-electron chi connectivity index (χ2n) is 5.27. The summed E-state index contributed by atoms with van der Waals surface area (Å²) >= 11 is 0. The lowest BCUT2D eigenvalue weighted by molar-refractivity contribution is -0.142. The van der Waals surface area contributed by atoms with Crippen molar-refractivity contribution in [3.8, 4) is 0 Å². The van der Waals surface area contributed by atoms with E-state index in [1.54, 1.807) is 4.90 Å². The summed E-state index contributed by atoms with van der Waals surface area (Å²) in [5.74, 6) is -0.0602. The first-order chi connectivity index (χ1) is 10.2. The van der Waals surface area contributed by atoms with Crippen molar-refractivity contribution in [1.29, 1.82) is 0 Å². The van der Waals surface area contributed by atoms with Crippen LogP contribution in [0.25, 0.3) is 0 Å². The Morgan fingerprint density at radius 1 is 1.29 bits per heavy atom. The van der Waals surface area contributed by atoms with Gasteiger partial charge >= 0.3 is 12.1 Å². The van der Waals surface area contributed by atoms with Crippen molar-refractivity contribution in [3.05, 3.63) is 35.9 Å². The molecule has 1 heterocycles. The standard InChI is InChI=1S/C16H21NO4/c1-20-15(18)10-14-8-5-9-17(11-14)16(19)21-12-13-6-3-2-4-7-13/h2-4,6-7,14H,5,8-12H2,1H3/t14-/m1/s1. The number of hydrogen-bond donors (Lipinski definition) is 0. The van der Waals surface area contributed by atoms with Crippen molar-refractivity contribution in [3.63, 3.8) is 0 Å². The number of esters is 1. The van der Waals surface area contributed by atoms with E-state index in [0.717, 1.165) is 18.4 Å². The molecule has 114 valence electrons. The first kappa shape index (κ1) is 15.4. The molecule has 1 amide bonds. The fourth-order valence-electron chi connectivity index (χ4n) is 2.53. The molecular weight excluding hydrogens is 270 g/mol. The van der Waals surface area contributed by atoms with Gasteiger partial charge in [0.1, 0.15) is 6.61 Å². The van der Waals surface area contributed by atoms with Gasteiger partial charge in [-0.25, -0.2) is 4.79 Å². The number of hydrogen-bond acceptors (Lipinski definition) is 4. The number of nitrogens with zero attached hydrogens (tertiary/aromatic N) is 1. The minimum absolute atomic E-state index is 0.162. The summed E-state index contributed by atoms with van der Waals surface area (Å²) in [5, 5.41) is 0. The highest BCUT2D eigenvalue weighted by Gasteiger charge is 2.26. The van der Waals surface area contributed by atoms with Gasteiger partial charge < -0.3 is 14.4 Å². The first-order valence-corrected chi connectivity index (χ1v) is 7.21. The molecule has 0 radical (unpaired) electrons. The smallest absolute Gasteiger partial charge is 0.410 e. The Morgan fingerprint density at radius 2 is 2.05 bits per heavy atom. The molecule has 0 bridgehead atoms. The van der Waals surface area contributed by atoms with Gasteiger partial charge in [-0.15, -0.1) is 0 Å². The second-order valence-corrected chi connectivity index (χ2v) is 5.27. The first-order valence-electron chi connectivity index (χ1n) is 7.21. The van der Waals surface area contributed by atoms with Crippen LogP contribution in [0.1, 0.15) is 24.8 Å². The van der Waals surface area contributed by atoms with Gasteiger partial charge in [-0.1, -0.05) is 30.3 Å². The Labute approximate surface area is 124 Å². The SMILES string of the molecule is COC(=O)C[C@H]1CCCN(C(=O)OCc2ccccc2)C1. The van der Waals surface area contributed by atoms with Crippen LogP contribution >= 0.6 is 0 Å². The lowest BCUT2D eigenvalue weighted by Crippen LogP contribution is -2.40. The van der Waals surface area contributed by atoms with Gasteiger partial charge in [0.25, 0.3) is 0 Å². The predicted molar refractivity (Wildman–Crippen MR) is 77.6 cm³/mol. The van der Waals surface area contributed by atoms with Crippen LogP contribution in [0, 0.1) is 5.92 Å². The molecule has 5 heteroatoms. The zero-order valence-electron chi connectivity index (χ0n) is 12.3. The molecule has 0 N–H and O–H groups in total. The molecule has 1 atom stereocenters. The summed E-state index contributed by atoms with van der Waals surface area (Å²) < 4.78 is 10.00. The van der Waals surface area contributed by atoms with E-state index in [9.17, 15) is 9.59 Å². The zero-order chi connectivity index (χ0) is 15.1. The van der Waals surface area contributed by atoms with Crippen LogP contribution < -0.4 is 0 Å². The molecule has 0 aliphatic carbocycles. The van der Waals surface area contributed by atoms with Crippen molar-refractivity contribution in [1.82, 2.24) is 4.90 Å². The lowest BCUT2D eigenvalue weighted by Gasteiger charge is -2.31. The van der Waals surface area contributed by atoms with E-state index in [-0.39, 0.29) is 24.6 Å². The van der Waals surface area contributed by atoms with E-state index < -0.39 is 0 Å². The minimum Gasteiger partial charge on any atom is -0.469 e. The molecule has 1 saturated heterocycles. The normalized spacial score (nSPS) is 18.1. The molecule has 1 aliphatic rings. The van der Waals surface area contributed by atoms with Crippen molar-refractivity contribution < 1.29 is 19.1 Å². The second kappa shape index (κ2) is 7.67. The Hall–Kier alpha value is -2.04. The highest BCUT2D eigenvalue weighted by Crippen LogP contribution is 2.20. The van der Waals surface area contributed by atoms with Crippen molar-refractivity contribution in [2.45, 2.75) is 25.9 Å². The van der Waals surface area contributed by atoms with Crippen LogP contribution in [-0.4, -0.2) is 37.2 Å². The number of carbonyl (C=O) groups is 2. The summed E-state index contributed by atoms with van der Waals surface area (Å²) in [4.78, 5) is 25.1. The fraction of sp³-hybridized carbons (Fsp3) is 0.500. The van der Waals surface area contributed by atoms with E-state index >= 15 is 0 Å². The Kier molecular flexibility index (Phi) is 5.60. The molecular formula is C16H21NO4. The molecule has 0 unspecified atom stereocenters. The molecule has 5 nitrogen and oxygen atoms in total. The summed E-state index contributed by atoms with van der Waals surface area (Å²) in [6, 6.07) is 9.59. The predicted octanol–water partition coefficient (Wildman–Crippen LogP) is 2.60. The average molecular weight is 291 g/mol. The van der Waals surface area contributed by atoms with Gasteiger partial charge in [0, 0.05) is 13.1 Å². The lowest BCUT2D eigenvalue weighted by atomic mass is 9.95. The topological polar surface area (TPSA) is 55.8 Å². The van der Waals surface area contributed by atoms with Crippen LogP contribution in [0.3, 0.4) is 0 Å². The third kappa shape index (κ3) is 4.77. The van der Waals surface area contributed by atoms with Crippen LogP contribution in [0.2, 0.25) is 0 Å². The van der Waals surface area contributed by atoms with Gasteiger partial charge in [0.2, 0.25) is 0 Å². The fourth-order valence-corrected chi connectivity index (χ4v) is 2.53. The molecule has 1 aliphatic heterocycles. The number of likely N-dealkylation sites (tertiary alicyclic amines) is 1. The van der Waals surface area contributed by atoms with Gasteiger partial charge in [-0.3, -0.25) is 4.79 Å². The molecule has 1 aromatic carbocycles. The number of methoxy groups -OCH3 is 1. The summed E-state index contributed by atoms with van der Waals surface area (Å²) in [7, 11) is 1.39. The van der Waals surface area contributed by atoms with Gasteiger partial charge in [-0.2, -0.15) is 0 Å². The maximum absolute atomic E-state index is 12.1. The van der Waals surface area contributed by atoms with E-state index in [2.05, 4.69) is 4.74 Å². The third-order valence-electron chi connectivity index (χ3n) is 3.67. The Bertz CT molecular complexity index is 474. The highest BCUT2D eigenvalue weighted by atomic mass is 16.6. The van der Waals surface area contributed by atoms with E-state index in [1.165, 1.54) is 7.11 Å². The van der Waals surface area contributed by atoms with Crippen LogP contribution in [0.5, 0.6) is 0 Å². The zero-order valence-corrected chi connectivity index (χ0v) is 12.3. The van der Waals surface area contributed by atoms with Crippen molar-refractivity contribution >= 4 is 12.1 Å². The third-order valence-corrected chi connectivity index (χ3v) is 3.67. The quantitative estimate of drug-likeness (QED) is 0.800. The van der Waals surface area contributed by atoms with Crippen LogP contribution in [0.15, 0.2) is 30.3 Å². The van der Waals surface area contributed by atoms with Crippen LogP contribution in [-0.2, 0) is 20.9 Å². The van der Waals surface area contributed by atoms with E-state index in [0.29, 0.717) is 19.5 Å². The number of piperidine rings is 1. The molecule has 2 rings (SSSR count). The van der Waals surface area contributed by atoms with E-state index in [1.807, 2.05) is 30.3 Å². The largest absolute Gasteiger partial charge is 0.469 e. The number of carbonyl (C=O) groups excluding carboxylic acids is 2. The van der Waals surface area contributed by atoms with Gasteiger partial charge in [0.15, 0.2) is 0 Å². The number of amides is 1. The molecule has 1 aromatic rings. The van der Waals surface area contributed by atoms with Crippen molar-refractivity contribution in [2.24, 2.45) is 5.92 Å². The highest BCUT2D eigenvalue weighted by molar-refractivity contribution is 5.70. The molecule has 0 aromatic heterocycles. The Morgan fingerprint density at radius 3 is 2.76 bits per heavy atom. The van der Waals surface area contributed by atoms with Crippen LogP contribution in [0.4, 0.5) is 4.79 Å². The maximum atomic E-state index is 12.1. The number of rotatable bonds is 4. The summed E-state index contributed by atoms with van der Waals surface area (Å²) in [5.41, 5.74) is 0.967. The molecule has 0 spiro atoms. The minimum atomic E-state index is -0.312. The average Bonchev–Trinajstić information content (AvgIpc) is 2.53. The van der Waals surface area contributed by atoms with Gasteiger partial charge in [-0.05, 0) is 24.3 Å².